The van der Waals surface area contributed by atoms with Crippen molar-refractivity contribution in [3.8, 4) is 11.4 Å². The number of benzene rings is 1. The highest BCUT2D eigenvalue weighted by atomic mass is 35.5. The van der Waals surface area contributed by atoms with Crippen LogP contribution in [0.5, 0.6) is 0 Å². The molecule has 5 rings (SSSR count). The highest BCUT2D eigenvalue weighted by Crippen LogP contribution is 2.33. The van der Waals surface area contributed by atoms with Crippen molar-refractivity contribution in [3.05, 3.63) is 35.0 Å². The average Bonchev–Trinajstić information content (AvgIpc) is 3.54. The van der Waals surface area contributed by atoms with Crippen molar-refractivity contribution in [3.63, 3.8) is 0 Å². The lowest BCUT2D eigenvalue weighted by atomic mass is 10.1. The van der Waals surface area contributed by atoms with Gasteiger partial charge in [-0.1, -0.05) is 11.6 Å². The number of rotatable bonds is 6. The monoisotopic (exact) mass is 526 g/mol. The van der Waals surface area contributed by atoms with Crippen LogP contribution in [-0.2, 0) is 11.2 Å². The Kier molecular flexibility index (Phi) is 7.77. The molecule has 4 heterocycles. The van der Waals surface area contributed by atoms with Gasteiger partial charge in [0, 0.05) is 56.1 Å². The number of fused-ring (bicyclic) bond motifs is 1. The number of anilines is 2. The van der Waals surface area contributed by atoms with Gasteiger partial charge in [-0.15, -0.1) is 0 Å². The number of piperazine rings is 1. The predicted molar refractivity (Wildman–Crippen MR) is 149 cm³/mol. The zero-order valence-electron chi connectivity index (χ0n) is 22.4. The highest BCUT2D eigenvalue weighted by Gasteiger charge is 2.27. The summed E-state index contributed by atoms with van der Waals surface area (Å²) < 4.78 is 5.51. The second kappa shape index (κ2) is 11.0. The van der Waals surface area contributed by atoms with E-state index in [-0.39, 0.29) is 6.09 Å². The molecule has 1 aromatic carbocycles. The fraction of sp³-hybridized carbons (Fsp3) is 0.607. The van der Waals surface area contributed by atoms with Gasteiger partial charge in [-0.05, 0) is 90.4 Å². The largest absolute Gasteiger partial charge is 0.444 e. The summed E-state index contributed by atoms with van der Waals surface area (Å²) >= 11 is 6.62. The summed E-state index contributed by atoms with van der Waals surface area (Å²) in [7, 11) is 0. The van der Waals surface area contributed by atoms with Crippen LogP contribution in [0.4, 0.5) is 16.3 Å². The molecule has 2 saturated heterocycles. The quantitative estimate of drug-likeness (QED) is 0.505. The van der Waals surface area contributed by atoms with Gasteiger partial charge >= 0.3 is 6.09 Å². The van der Waals surface area contributed by atoms with E-state index in [9.17, 15) is 4.79 Å². The molecule has 0 radical (unpaired) electrons. The number of carbonyl (C=O) groups is 1. The Hall–Kier alpha value is -2.58. The molecule has 0 saturated carbocycles. The molecule has 0 atom stereocenters. The third-order valence-corrected chi connectivity index (χ3v) is 7.70. The van der Waals surface area contributed by atoms with Crippen molar-refractivity contribution in [2.45, 2.75) is 52.1 Å². The number of ether oxygens (including phenoxy) is 1. The normalized spacial score (nSPS) is 18.4. The topological polar surface area (TPSA) is 65.0 Å². The van der Waals surface area contributed by atoms with Crippen LogP contribution in [0, 0.1) is 0 Å². The third-order valence-electron chi connectivity index (χ3n) is 7.39. The molecule has 1 aromatic heterocycles. The first kappa shape index (κ1) is 26.0. The van der Waals surface area contributed by atoms with E-state index in [1.165, 1.54) is 25.9 Å². The number of aromatic nitrogens is 2. The summed E-state index contributed by atoms with van der Waals surface area (Å²) in [6, 6.07) is 8.36. The first-order valence-electron chi connectivity index (χ1n) is 13.6. The average molecular weight is 527 g/mol. The molecule has 1 amide bonds. The molecule has 9 heteroatoms. The molecule has 200 valence electrons. The Morgan fingerprint density at radius 1 is 0.946 bits per heavy atom. The third kappa shape index (κ3) is 6.29. The SMILES string of the molecule is CC(C)(C)OC(=O)N1CCN(c2ccc(-c3nc(Cl)c4c(n3)N(CCCN3CCCC3)CC4)cc2)CC1. The molecular weight excluding hydrogens is 488 g/mol. The standard InChI is InChI=1S/C28H39ClN6O2/c1-28(2,3)37-27(36)35-19-17-33(18-20-35)22-9-7-21(8-10-22)25-30-24(29)23-11-16-34(26(23)31-25)15-6-14-32-12-4-5-13-32/h7-10H,4-6,11-20H2,1-3H3. The van der Waals surface area contributed by atoms with E-state index in [1.807, 2.05) is 20.8 Å². The zero-order valence-corrected chi connectivity index (χ0v) is 23.1. The van der Waals surface area contributed by atoms with Gasteiger partial charge in [-0.3, -0.25) is 0 Å². The zero-order chi connectivity index (χ0) is 26.0. The summed E-state index contributed by atoms with van der Waals surface area (Å²) in [5.74, 6) is 1.68. The van der Waals surface area contributed by atoms with E-state index in [4.69, 9.17) is 21.3 Å². The number of hydrogen-bond donors (Lipinski definition) is 0. The number of halogens is 1. The van der Waals surface area contributed by atoms with Crippen molar-refractivity contribution >= 4 is 29.2 Å². The molecule has 0 N–H and O–H groups in total. The lowest BCUT2D eigenvalue weighted by molar-refractivity contribution is 0.0240. The Labute approximate surface area is 225 Å². The van der Waals surface area contributed by atoms with Crippen LogP contribution in [0.15, 0.2) is 24.3 Å². The van der Waals surface area contributed by atoms with Crippen molar-refractivity contribution < 1.29 is 9.53 Å². The van der Waals surface area contributed by atoms with Gasteiger partial charge in [0.25, 0.3) is 0 Å². The smallest absolute Gasteiger partial charge is 0.410 e. The fourth-order valence-corrected chi connectivity index (χ4v) is 5.67. The lowest BCUT2D eigenvalue weighted by Gasteiger charge is -2.36. The van der Waals surface area contributed by atoms with Gasteiger partial charge in [0.05, 0.1) is 0 Å². The number of likely N-dealkylation sites (tertiary alicyclic amines) is 1. The first-order chi connectivity index (χ1) is 17.8. The van der Waals surface area contributed by atoms with E-state index in [2.05, 4.69) is 43.9 Å². The summed E-state index contributed by atoms with van der Waals surface area (Å²) in [5, 5.41) is 0.574. The molecule has 0 bridgehead atoms. The second-order valence-corrected chi connectivity index (χ2v) is 11.6. The second-order valence-electron chi connectivity index (χ2n) is 11.3. The number of hydrogen-bond acceptors (Lipinski definition) is 7. The Morgan fingerprint density at radius 3 is 2.32 bits per heavy atom. The number of carbonyl (C=O) groups excluding carboxylic acids is 1. The molecule has 0 unspecified atom stereocenters. The van der Waals surface area contributed by atoms with Crippen LogP contribution >= 0.6 is 11.6 Å². The van der Waals surface area contributed by atoms with Crippen LogP contribution in [0.25, 0.3) is 11.4 Å². The van der Waals surface area contributed by atoms with Gasteiger partial charge in [-0.2, -0.15) is 0 Å². The van der Waals surface area contributed by atoms with Crippen LogP contribution in [0.3, 0.4) is 0 Å². The lowest BCUT2D eigenvalue weighted by Crippen LogP contribution is -2.50. The van der Waals surface area contributed by atoms with Crippen LogP contribution in [0.1, 0.15) is 45.6 Å². The van der Waals surface area contributed by atoms with Gasteiger partial charge in [0.15, 0.2) is 5.82 Å². The molecule has 3 aliphatic rings. The van der Waals surface area contributed by atoms with Gasteiger partial charge < -0.3 is 24.3 Å². The van der Waals surface area contributed by atoms with Crippen molar-refractivity contribution in [2.75, 3.05) is 68.7 Å². The Bertz CT molecular complexity index is 1090. The van der Waals surface area contributed by atoms with E-state index in [0.29, 0.717) is 24.1 Å². The molecule has 0 spiro atoms. The minimum atomic E-state index is -0.475. The molecular formula is C28H39ClN6O2. The van der Waals surface area contributed by atoms with E-state index < -0.39 is 5.60 Å². The van der Waals surface area contributed by atoms with Gasteiger partial charge in [0.1, 0.15) is 16.6 Å². The Balaban J connectivity index is 1.21. The maximum absolute atomic E-state index is 12.4. The number of amides is 1. The molecule has 2 fully saturated rings. The maximum atomic E-state index is 12.4. The van der Waals surface area contributed by atoms with Gasteiger partial charge in [-0.25, -0.2) is 14.8 Å². The van der Waals surface area contributed by atoms with Gasteiger partial charge in [0.2, 0.25) is 0 Å². The van der Waals surface area contributed by atoms with Crippen LogP contribution < -0.4 is 9.80 Å². The Morgan fingerprint density at radius 2 is 1.65 bits per heavy atom. The van der Waals surface area contributed by atoms with Crippen LogP contribution in [-0.4, -0.2) is 90.4 Å². The number of nitrogens with zero attached hydrogens (tertiary/aromatic N) is 6. The van der Waals surface area contributed by atoms with Crippen LogP contribution in [0.2, 0.25) is 5.15 Å². The van der Waals surface area contributed by atoms with Crippen molar-refractivity contribution in [1.82, 2.24) is 19.8 Å². The maximum Gasteiger partial charge on any atom is 0.410 e. The summed E-state index contributed by atoms with van der Waals surface area (Å²) in [4.78, 5) is 31.0. The molecule has 0 aliphatic carbocycles. The summed E-state index contributed by atoms with van der Waals surface area (Å²) in [6.07, 6.45) is 4.48. The van der Waals surface area contributed by atoms with Crippen molar-refractivity contribution in [2.24, 2.45) is 0 Å². The van der Waals surface area contributed by atoms with E-state index in [1.54, 1.807) is 4.90 Å². The minimum absolute atomic E-state index is 0.238. The minimum Gasteiger partial charge on any atom is -0.444 e. The summed E-state index contributed by atoms with van der Waals surface area (Å²) in [6.45, 7) is 14.1. The first-order valence-corrected chi connectivity index (χ1v) is 14.0. The van der Waals surface area contributed by atoms with E-state index >= 15 is 0 Å². The molecule has 3 aliphatic heterocycles. The summed E-state index contributed by atoms with van der Waals surface area (Å²) in [5.41, 5.74) is 2.69. The van der Waals surface area contributed by atoms with E-state index in [0.717, 1.165) is 68.2 Å². The van der Waals surface area contributed by atoms with Crippen molar-refractivity contribution in [1.29, 1.82) is 0 Å². The predicted octanol–water partition coefficient (Wildman–Crippen LogP) is 4.70. The molecule has 37 heavy (non-hydrogen) atoms. The molecule has 2 aromatic rings. The highest BCUT2D eigenvalue weighted by molar-refractivity contribution is 6.30. The fourth-order valence-electron chi connectivity index (χ4n) is 5.41. The molecule has 8 nitrogen and oxygen atoms in total.